The summed E-state index contributed by atoms with van der Waals surface area (Å²) in [6, 6.07) is 7.61. The molecule has 1 heterocycles. The molecule has 4 nitrogen and oxygen atoms in total. The number of rotatable bonds is 3. The quantitative estimate of drug-likeness (QED) is 0.857. The fourth-order valence-electron chi connectivity index (χ4n) is 1.74. The minimum Gasteiger partial charge on any atom is -0.382 e. The summed E-state index contributed by atoms with van der Waals surface area (Å²) in [5, 5.41) is 16.2. The maximum Gasteiger partial charge on any atom is 0.101 e. The van der Waals surface area contributed by atoms with Gasteiger partial charge in [0.25, 0.3) is 0 Å². The van der Waals surface area contributed by atoms with Crippen LogP contribution in [0.5, 0.6) is 0 Å². The number of anilines is 1. The van der Waals surface area contributed by atoms with Crippen LogP contribution in [0.3, 0.4) is 0 Å². The molecule has 1 atom stereocenters. The minimum atomic E-state index is 0.272. The molecule has 0 aromatic heterocycles. The van der Waals surface area contributed by atoms with E-state index in [9.17, 15) is 0 Å². The van der Waals surface area contributed by atoms with Gasteiger partial charge in [-0.1, -0.05) is 11.6 Å². The van der Waals surface area contributed by atoms with E-state index in [2.05, 4.69) is 16.7 Å². The Morgan fingerprint density at radius 3 is 3.18 bits per heavy atom. The summed E-state index contributed by atoms with van der Waals surface area (Å²) >= 11 is 5.91. The van der Waals surface area contributed by atoms with E-state index in [0.29, 0.717) is 17.2 Å². The maximum absolute atomic E-state index is 8.97. The zero-order valence-electron chi connectivity index (χ0n) is 9.37. The number of morpholine rings is 1. The second-order valence-corrected chi connectivity index (χ2v) is 4.35. The Kier molecular flexibility index (Phi) is 4.21. The molecule has 2 N–H and O–H groups in total. The lowest BCUT2D eigenvalue weighted by molar-refractivity contribution is 0.0806. The van der Waals surface area contributed by atoms with Crippen molar-refractivity contribution in [2.45, 2.75) is 6.04 Å². The Labute approximate surface area is 106 Å². The van der Waals surface area contributed by atoms with Gasteiger partial charge in [0.2, 0.25) is 0 Å². The van der Waals surface area contributed by atoms with Crippen LogP contribution in [0.25, 0.3) is 0 Å². The second-order valence-electron chi connectivity index (χ2n) is 3.91. The first kappa shape index (κ1) is 12.2. The van der Waals surface area contributed by atoms with Crippen molar-refractivity contribution in [2.24, 2.45) is 0 Å². The average Bonchev–Trinajstić information content (AvgIpc) is 2.38. The predicted octanol–water partition coefficient (Wildman–Crippen LogP) is 1.61. The number of nitriles is 1. The minimum absolute atomic E-state index is 0.272. The normalized spacial score (nSPS) is 19.6. The molecule has 0 saturated carbocycles. The van der Waals surface area contributed by atoms with Gasteiger partial charge in [0, 0.05) is 24.2 Å². The van der Waals surface area contributed by atoms with E-state index in [1.807, 2.05) is 0 Å². The Morgan fingerprint density at radius 1 is 1.59 bits per heavy atom. The van der Waals surface area contributed by atoms with E-state index >= 15 is 0 Å². The van der Waals surface area contributed by atoms with Crippen LogP contribution in [0.2, 0.25) is 5.02 Å². The first-order chi connectivity index (χ1) is 8.29. The third kappa shape index (κ3) is 3.34. The van der Waals surface area contributed by atoms with Crippen molar-refractivity contribution in [3.63, 3.8) is 0 Å². The Balaban J connectivity index is 1.98. The van der Waals surface area contributed by atoms with Gasteiger partial charge in [0.15, 0.2) is 0 Å². The van der Waals surface area contributed by atoms with Gasteiger partial charge in [-0.2, -0.15) is 5.26 Å². The maximum atomic E-state index is 8.97. The molecule has 17 heavy (non-hydrogen) atoms. The molecular weight excluding hydrogens is 238 g/mol. The summed E-state index contributed by atoms with van der Waals surface area (Å²) in [7, 11) is 0. The first-order valence-corrected chi connectivity index (χ1v) is 5.92. The predicted molar refractivity (Wildman–Crippen MR) is 67.3 cm³/mol. The second kappa shape index (κ2) is 5.87. The van der Waals surface area contributed by atoms with Gasteiger partial charge in [0.05, 0.1) is 24.5 Å². The van der Waals surface area contributed by atoms with Gasteiger partial charge < -0.3 is 15.4 Å². The number of ether oxygens (including phenoxy) is 1. The summed E-state index contributed by atoms with van der Waals surface area (Å²) in [5.41, 5.74) is 1.37. The first-order valence-electron chi connectivity index (χ1n) is 5.54. The van der Waals surface area contributed by atoms with Crippen molar-refractivity contribution in [2.75, 3.05) is 31.6 Å². The highest BCUT2D eigenvalue weighted by Gasteiger charge is 2.13. The molecule has 1 fully saturated rings. The monoisotopic (exact) mass is 251 g/mol. The SMILES string of the molecule is N#Cc1ccc(Cl)cc1NCC1COCCN1. The van der Waals surface area contributed by atoms with Crippen LogP contribution in [-0.2, 0) is 4.74 Å². The van der Waals surface area contributed by atoms with Crippen LogP contribution in [0.4, 0.5) is 5.69 Å². The van der Waals surface area contributed by atoms with Crippen molar-refractivity contribution in [3.05, 3.63) is 28.8 Å². The molecule has 1 aromatic carbocycles. The van der Waals surface area contributed by atoms with Crippen molar-refractivity contribution < 1.29 is 4.74 Å². The number of halogens is 1. The van der Waals surface area contributed by atoms with Crippen LogP contribution in [0.15, 0.2) is 18.2 Å². The average molecular weight is 252 g/mol. The van der Waals surface area contributed by atoms with Gasteiger partial charge in [-0.15, -0.1) is 0 Å². The molecule has 1 aliphatic rings. The molecule has 0 amide bonds. The van der Waals surface area contributed by atoms with E-state index in [-0.39, 0.29) is 6.04 Å². The molecule has 1 saturated heterocycles. The lowest BCUT2D eigenvalue weighted by Crippen LogP contribution is -2.45. The van der Waals surface area contributed by atoms with Gasteiger partial charge in [-0.3, -0.25) is 0 Å². The van der Waals surface area contributed by atoms with Crippen molar-refractivity contribution >= 4 is 17.3 Å². The summed E-state index contributed by atoms with van der Waals surface area (Å²) in [5.74, 6) is 0. The topological polar surface area (TPSA) is 57.1 Å². The number of nitrogens with zero attached hydrogens (tertiary/aromatic N) is 1. The van der Waals surface area contributed by atoms with Crippen LogP contribution < -0.4 is 10.6 Å². The zero-order valence-corrected chi connectivity index (χ0v) is 10.1. The largest absolute Gasteiger partial charge is 0.382 e. The molecule has 0 radical (unpaired) electrons. The zero-order chi connectivity index (χ0) is 12.1. The lowest BCUT2D eigenvalue weighted by Gasteiger charge is -2.24. The molecular formula is C12H14ClN3O. The molecule has 5 heteroatoms. The highest BCUT2D eigenvalue weighted by atomic mass is 35.5. The van der Waals surface area contributed by atoms with E-state index in [1.54, 1.807) is 18.2 Å². The van der Waals surface area contributed by atoms with Crippen LogP contribution in [0.1, 0.15) is 5.56 Å². The van der Waals surface area contributed by atoms with Gasteiger partial charge in [-0.05, 0) is 18.2 Å². The molecule has 2 rings (SSSR count). The summed E-state index contributed by atoms with van der Waals surface area (Å²) in [6.07, 6.45) is 0. The van der Waals surface area contributed by atoms with Crippen molar-refractivity contribution in [1.82, 2.24) is 5.32 Å². The highest BCUT2D eigenvalue weighted by Crippen LogP contribution is 2.20. The van der Waals surface area contributed by atoms with E-state index < -0.39 is 0 Å². The standard InChI is InChI=1S/C12H14ClN3O/c13-10-2-1-9(6-14)12(5-10)16-7-11-8-17-4-3-15-11/h1-2,5,11,15-16H,3-4,7-8H2. The summed E-state index contributed by atoms with van der Waals surface area (Å²) in [4.78, 5) is 0. The van der Waals surface area contributed by atoms with E-state index in [4.69, 9.17) is 21.6 Å². The fraction of sp³-hybridized carbons (Fsp3) is 0.417. The van der Waals surface area contributed by atoms with Gasteiger partial charge >= 0.3 is 0 Å². The lowest BCUT2D eigenvalue weighted by atomic mass is 10.2. The molecule has 90 valence electrons. The number of hydrogen-bond donors (Lipinski definition) is 2. The van der Waals surface area contributed by atoms with E-state index in [1.165, 1.54) is 0 Å². The van der Waals surface area contributed by atoms with Crippen molar-refractivity contribution in [1.29, 1.82) is 5.26 Å². The third-order valence-corrected chi connectivity index (χ3v) is 2.87. The Morgan fingerprint density at radius 2 is 2.47 bits per heavy atom. The molecule has 0 aliphatic carbocycles. The van der Waals surface area contributed by atoms with E-state index in [0.717, 1.165) is 25.4 Å². The number of benzene rings is 1. The van der Waals surface area contributed by atoms with Crippen molar-refractivity contribution in [3.8, 4) is 6.07 Å². The van der Waals surface area contributed by atoms with Crippen LogP contribution in [0, 0.1) is 11.3 Å². The Bertz CT molecular complexity index is 424. The highest BCUT2D eigenvalue weighted by molar-refractivity contribution is 6.30. The summed E-state index contributed by atoms with van der Waals surface area (Å²) in [6.45, 7) is 3.04. The molecule has 1 unspecified atom stereocenters. The van der Waals surface area contributed by atoms with Crippen LogP contribution in [-0.4, -0.2) is 32.3 Å². The molecule has 1 aromatic rings. The van der Waals surface area contributed by atoms with Crippen LogP contribution >= 0.6 is 11.6 Å². The fourth-order valence-corrected chi connectivity index (χ4v) is 1.92. The smallest absolute Gasteiger partial charge is 0.101 e. The van der Waals surface area contributed by atoms with Gasteiger partial charge in [-0.25, -0.2) is 0 Å². The Hall–Kier alpha value is -1.28. The molecule has 0 bridgehead atoms. The molecule has 0 spiro atoms. The molecule has 1 aliphatic heterocycles. The summed E-state index contributed by atoms with van der Waals surface area (Å²) < 4.78 is 5.36. The number of hydrogen-bond acceptors (Lipinski definition) is 4. The third-order valence-electron chi connectivity index (χ3n) is 2.64. The van der Waals surface area contributed by atoms with Gasteiger partial charge in [0.1, 0.15) is 6.07 Å². The number of nitrogens with one attached hydrogen (secondary N) is 2.